The van der Waals surface area contributed by atoms with Crippen LogP contribution in [0.2, 0.25) is 0 Å². The monoisotopic (exact) mass is 389 g/mol. The van der Waals surface area contributed by atoms with Crippen LogP contribution in [0.25, 0.3) is 0 Å². The maximum absolute atomic E-state index is 13.1. The predicted molar refractivity (Wildman–Crippen MR) is 112 cm³/mol. The van der Waals surface area contributed by atoms with Gasteiger partial charge in [-0.3, -0.25) is 4.79 Å². The molecule has 29 heavy (non-hydrogen) atoms. The standard InChI is InChI=1S/C24H23NO4/c1-16-12-13-17(2)21(14-16)25-23(26)22(18-8-5-4-6-9-18)29-20-11-7-10-19(15-20)24(27)28-3/h4-15,22H,1-3H3,(H,25,26)/t22-/m0/s1. The van der Waals surface area contributed by atoms with Gasteiger partial charge < -0.3 is 14.8 Å². The number of benzene rings is 3. The molecule has 3 aromatic carbocycles. The zero-order chi connectivity index (χ0) is 20.8. The Kier molecular flexibility index (Phi) is 6.29. The quantitative estimate of drug-likeness (QED) is 0.612. The van der Waals surface area contributed by atoms with Gasteiger partial charge in [0.1, 0.15) is 5.75 Å². The fraction of sp³-hybridized carbons (Fsp3) is 0.167. The van der Waals surface area contributed by atoms with Gasteiger partial charge in [-0.1, -0.05) is 48.5 Å². The molecule has 0 aliphatic rings. The Morgan fingerprint density at radius 2 is 1.66 bits per heavy atom. The molecule has 0 heterocycles. The second-order valence-electron chi connectivity index (χ2n) is 6.74. The van der Waals surface area contributed by atoms with Gasteiger partial charge >= 0.3 is 5.97 Å². The third-order valence-electron chi connectivity index (χ3n) is 4.50. The van der Waals surface area contributed by atoms with Crippen LogP contribution in [0.1, 0.15) is 33.2 Å². The third kappa shape index (κ3) is 5.02. The van der Waals surface area contributed by atoms with Crippen LogP contribution in [0.5, 0.6) is 5.75 Å². The molecule has 3 rings (SSSR count). The number of carbonyl (C=O) groups excluding carboxylic acids is 2. The van der Waals surface area contributed by atoms with E-state index in [0.29, 0.717) is 16.9 Å². The van der Waals surface area contributed by atoms with Crippen LogP contribution in [-0.4, -0.2) is 19.0 Å². The Balaban J connectivity index is 1.90. The van der Waals surface area contributed by atoms with Crippen molar-refractivity contribution >= 4 is 17.6 Å². The third-order valence-corrected chi connectivity index (χ3v) is 4.50. The molecule has 0 radical (unpaired) electrons. The van der Waals surface area contributed by atoms with E-state index in [1.165, 1.54) is 7.11 Å². The maximum atomic E-state index is 13.1. The molecule has 0 aliphatic carbocycles. The first-order valence-corrected chi connectivity index (χ1v) is 9.26. The number of aryl methyl sites for hydroxylation is 2. The molecule has 3 aromatic rings. The molecular weight excluding hydrogens is 366 g/mol. The Morgan fingerprint density at radius 3 is 2.38 bits per heavy atom. The molecule has 0 bridgehead atoms. The SMILES string of the molecule is COC(=O)c1cccc(O[C@H](C(=O)Nc2cc(C)ccc2C)c2ccccc2)c1. The van der Waals surface area contributed by atoms with Crippen LogP contribution in [0.15, 0.2) is 72.8 Å². The highest BCUT2D eigenvalue weighted by Gasteiger charge is 2.24. The number of amides is 1. The summed E-state index contributed by atoms with van der Waals surface area (Å²) in [6.07, 6.45) is -0.885. The smallest absolute Gasteiger partial charge is 0.337 e. The lowest BCUT2D eigenvalue weighted by atomic mass is 10.1. The molecule has 5 nitrogen and oxygen atoms in total. The normalized spacial score (nSPS) is 11.4. The van der Waals surface area contributed by atoms with E-state index < -0.39 is 12.1 Å². The maximum Gasteiger partial charge on any atom is 0.337 e. The van der Waals surface area contributed by atoms with Crippen molar-refractivity contribution < 1.29 is 19.1 Å². The highest BCUT2D eigenvalue weighted by atomic mass is 16.5. The van der Waals surface area contributed by atoms with Crippen molar-refractivity contribution in [1.29, 1.82) is 0 Å². The number of carbonyl (C=O) groups is 2. The molecule has 1 atom stereocenters. The Hall–Kier alpha value is -3.60. The molecular formula is C24H23NO4. The van der Waals surface area contributed by atoms with Crippen molar-refractivity contribution in [3.63, 3.8) is 0 Å². The van der Waals surface area contributed by atoms with Gasteiger partial charge in [0.05, 0.1) is 12.7 Å². The molecule has 0 saturated heterocycles. The fourth-order valence-electron chi connectivity index (χ4n) is 2.92. The molecule has 0 fully saturated rings. The summed E-state index contributed by atoms with van der Waals surface area (Å²) in [4.78, 5) is 24.9. The summed E-state index contributed by atoms with van der Waals surface area (Å²) in [5.74, 6) is -0.363. The lowest BCUT2D eigenvalue weighted by Gasteiger charge is -2.20. The van der Waals surface area contributed by atoms with E-state index in [2.05, 4.69) is 5.32 Å². The van der Waals surface area contributed by atoms with Gasteiger partial charge in [0.15, 0.2) is 0 Å². The molecule has 1 amide bonds. The molecule has 1 N–H and O–H groups in total. The summed E-state index contributed by atoms with van der Waals surface area (Å²) in [6, 6.07) is 21.7. The number of hydrogen-bond acceptors (Lipinski definition) is 4. The van der Waals surface area contributed by atoms with E-state index in [-0.39, 0.29) is 5.91 Å². The van der Waals surface area contributed by atoms with Crippen molar-refractivity contribution in [3.05, 3.63) is 95.1 Å². The summed E-state index contributed by atoms with van der Waals surface area (Å²) in [5.41, 5.74) is 3.81. The largest absolute Gasteiger partial charge is 0.476 e. The van der Waals surface area contributed by atoms with Crippen LogP contribution in [0.4, 0.5) is 5.69 Å². The zero-order valence-electron chi connectivity index (χ0n) is 16.6. The van der Waals surface area contributed by atoms with Crippen molar-refractivity contribution in [3.8, 4) is 5.75 Å². The van der Waals surface area contributed by atoms with Crippen LogP contribution in [0, 0.1) is 13.8 Å². The van der Waals surface area contributed by atoms with Crippen molar-refractivity contribution in [2.45, 2.75) is 20.0 Å². The molecule has 0 aromatic heterocycles. The van der Waals surface area contributed by atoms with Crippen molar-refractivity contribution in [2.24, 2.45) is 0 Å². The molecule has 148 valence electrons. The summed E-state index contributed by atoms with van der Waals surface area (Å²) in [6.45, 7) is 3.91. The van der Waals surface area contributed by atoms with E-state index >= 15 is 0 Å². The van der Waals surface area contributed by atoms with Crippen molar-refractivity contribution in [1.82, 2.24) is 0 Å². The number of anilines is 1. The predicted octanol–water partition coefficient (Wildman–Crippen LogP) is 4.85. The van der Waals surface area contributed by atoms with Crippen LogP contribution >= 0.6 is 0 Å². The number of hydrogen-bond donors (Lipinski definition) is 1. The second kappa shape index (κ2) is 9.06. The molecule has 0 aliphatic heterocycles. The number of ether oxygens (including phenoxy) is 2. The number of esters is 1. The Morgan fingerprint density at radius 1 is 0.897 bits per heavy atom. The lowest BCUT2D eigenvalue weighted by Crippen LogP contribution is -2.26. The fourth-order valence-corrected chi connectivity index (χ4v) is 2.92. The van der Waals surface area contributed by atoms with Gasteiger partial charge in [-0.2, -0.15) is 0 Å². The van der Waals surface area contributed by atoms with Crippen LogP contribution in [-0.2, 0) is 9.53 Å². The summed E-state index contributed by atoms with van der Waals surface area (Å²) < 4.78 is 10.8. The Labute approximate surface area is 170 Å². The number of nitrogens with one attached hydrogen (secondary N) is 1. The lowest BCUT2D eigenvalue weighted by molar-refractivity contribution is -0.123. The second-order valence-corrected chi connectivity index (χ2v) is 6.74. The van der Waals surface area contributed by atoms with Gasteiger partial charge in [-0.25, -0.2) is 4.79 Å². The molecule has 5 heteroatoms. The van der Waals surface area contributed by atoms with Crippen LogP contribution < -0.4 is 10.1 Å². The molecule has 0 saturated carbocycles. The van der Waals surface area contributed by atoms with Gasteiger partial charge in [0.25, 0.3) is 5.91 Å². The minimum absolute atomic E-state index is 0.298. The minimum atomic E-state index is -0.885. The average Bonchev–Trinajstić information content (AvgIpc) is 2.74. The van der Waals surface area contributed by atoms with Gasteiger partial charge in [-0.15, -0.1) is 0 Å². The van der Waals surface area contributed by atoms with Gasteiger partial charge in [0.2, 0.25) is 6.10 Å². The number of rotatable bonds is 6. The van der Waals surface area contributed by atoms with E-state index in [1.54, 1.807) is 24.3 Å². The molecule has 0 spiro atoms. The molecule has 0 unspecified atom stereocenters. The van der Waals surface area contributed by atoms with Crippen LogP contribution in [0.3, 0.4) is 0 Å². The van der Waals surface area contributed by atoms with E-state index in [1.807, 2.05) is 62.4 Å². The highest BCUT2D eigenvalue weighted by Crippen LogP contribution is 2.26. The topological polar surface area (TPSA) is 64.6 Å². The van der Waals surface area contributed by atoms with E-state index in [4.69, 9.17) is 9.47 Å². The van der Waals surface area contributed by atoms with Crippen molar-refractivity contribution in [2.75, 3.05) is 12.4 Å². The highest BCUT2D eigenvalue weighted by molar-refractivity contribution is 5.96. The average molecular weight is 389 g/mol. The van der Waals surface area contributed by atoms with E-state index in [0.717, 1.165) is 16.8 Å². The zero-order valence-corrected chi connectivity index (χ0v) is 16.6. The first kappa shape index (κ1) is 20.1. The minimum Gasteiger partial charge on any atom is -0.476 e. The number of methoxy groups -OCH3 is 1. The summed E-state index contributed by atoms with van der Waals surface area (Å²) in [5, 5.41) is 2.96. The Bertz CT molecular complexity index is 1010. The summed E-state index contributed by atoms with van der Waals surface area (Å²) in [7, 11) is 1.32. The van der Waals surface area contributed by atoms with Gasteiger partial charge in [-0.05, 0) is 49.2 Å². The van der Waals surface area contributed by atoms with E-state index in [9.17, 15) is 9.59 Å². The first-order chi connectivity index (χ1) is 14.0. The van der Waals surface area contributed by atoms with Gasteiger partial charge in [0, 0.05) is 11.3 Å². The summed E-state index contributed by atoms with van der Waals surface area (Å²) >= 11 is 0. The first-order valence-electron chi connectivity index (χ1n) is 9.26.